The minimum atomic E-state index is -0.536. The van der Waals surface area contributed by atoms with Gasteiger partial charge in [-0.3, -0.25) is 0 Å². The minimum Gasteiger partial charge on any atom is -0.495 e. The highest BCUT2D eigenvalue weighted by atomic mass is 16.5. The van der Waals surface area contributed by atoms with E-state index in [1.807, 2.05) is 25.2 Å². The number of anilines is 1. The van der Waals surface area contributed by atoms with Crippen LogP contribution in [0.5, 0.6) is 5.75 Å². The molecule has 0 unspecified atom stereocenters. The van der Waals surface area contributed by atoms with Crippen molar-refractivity contribution in [3.05, 3.63) is 23.8 Å². The summed E-state index contributed by atoms with van der Waals surface area (Å²) in [5.74, 6) is 0.737. The number of rotatable bonds is 4. The lowest BCUT2D eigenvalue weighted by Crippen LogP contribution is -2.28. The maximum Gasteiger partial charge on any atom is 0.312 e. The van der Waals surface area contributed by atoms with E-state index in [9.17, 15) is 4.79 Å². The van der Waals surface area contributed by atoms with Crippen molar-refractivity contribution in [2.24, 2.45) is 5.73 Å². The summed E-state index contributed by atoms with van der Waals surface area (Å²) in [7, 11) is 3.42. The number of hydrogen-bond acceptors (Lipinski definition) is 3. The van der Waals surface area contributed by atoms with Gasteiger partial charge >= 0.3 is 6.03 Å². The molecule has 0 spiro atoms. The second kappa shape index (κ2) is 5.09. The molecule has 0 aliphatic carbocycles. The largest absolute Gasteiger partial charge is 0.495 e. The maximum atomic E-state index is 10.5. The second-order valence-electron chi connectivity index (χ2n) is 3.00. The van der Waals surface area contributed by atoms with Crippen molar-refractivity contribution in [1.82, 2.24) is 5.32 Å². The second-order valence-corrected chi connectivity index (χ2v) is 3.00. The molecular formula is C10H15N3O2. The van der Waals surface area contributed by atoms with Gasteiger partial charge in [0.05, 0.1) is 12.8 Å². The van der Waals surface area contributed by atoms with Gasteiger partial charge in [0.25, 0.3) is 0 Å². The van der Waals surface area contributed by atoms with Gasteiger partial charge in [-0.2, -0.15) is 0 Å². The predicted octanol–water partition coefficient (Wildman–Crippen LogP) is 0.905. The molecule has 0 saturated heterocycles. The Morgan fingerprint density at radius 2 is 2.27 bits per heavy atom. The summed E-state index contributed by atoms with van der Waals surface area (Å²) in [4.78, 5) is 10.5. The van der Waals surface area contributed by atoms with Crippen molar-refractivity contribution in [3.8, 4) is 5.75 Å². The lowest BCUT2D eigenvalue weighted by molar-refractivity contribution is 0.248. The molecule has 1 rings (SSSR count). The van der Waals surface area contributed by atoms with Gasteiger partial charge < -0.3 is 21.1 Å². The third kappa shape index (κ3) is 3.05. The molecule has 5 heteroatoms. The van der Waals surface area contributed by atoms with Gasteiger partial charge in [0.2, 0.25) is 0 Å². The Morgan fingerprint density at radius 3 is 2.80 bits per heavy atom. The summed E-state index contributed by atoms with van der Waals surface area (Å²) < 4.78 is 5.18. The van der Waals surface area contributed by atoms with Crippen molar-refractivity contribution in [2.75, 3.05) is 19.5 Å². The molecule has 1 aromatic carbocycles. The van der Waals surface area contributed by atoms with Gasteiger partial charge in [-0.15, -0.1) is 0 Å². The molecule has 0 atom stereocenters. The van der Waals surface area contributed by atoms with Crippen LogP contribution in [0, 0.1) is 0 Å². The fourth-order valence-electron chi connectivity index (χ4n) is 1.24. The average molecular weight is 209 g/mol. The van der Waals surface area contributed by atoms with Crippen LogP contribution in [-0.2, 0) is 6.54 Å². The fraction of sp³-hybridized carbons (Fsp3) is 0.300. The molecule has 0 radical (unpaired) electrons. The Balaban J connectivity index is 2.78. The number of carbonyl (C=O) groups is 1. The molecule has 0 saturated carbocycles. The zero-order valence-electron chi connectivity index (χ0n) is 8.83. The molecule has 5 nitrogen and oxygen atoms in total. The van der Waals surface area contributed by atoms with Crippen LogP contribution in [-0.4, -0.2) is 20.2 Å². The highest BCUT2D eigenvalue weighted by Crippen LogP contribution is 2.24. The molecule has 0 aromatic heterocycles. The van der Waals surface area contributed by atoms with Gasteiger partial charge in [-0.05, 0) is 17.7 Å². The van der Waals surface area contributed by atoms with E-state index in [0.717, 1.165) is 17.0 Å². The molecule has 0 bridgehead atoms. The number of amides is 2. The van der Waals surface area contributed by atoms with E-state index in [-0.39, 0.29) is 0 Å². The van der Waals surface area contributed by atoms with E-state index in [4.69, 9.17) is 10.5 Å². The number of hydrogen-bond donors (Lipinski definition) is 3. The Kier molecular flexibility index (Phi) is 3.79. The van der Waals surface area contributed by atoms with Crippen LogP contribution >= 0.6 is 0 Å². The summed E-state index contributed by atoms with van der Waals surface area (Å²) in [6.07, 6.45) is 0. The Hall–Kier alpha value is -1.91. The van der Waals surface area contributed by atoms with Crippen LogP contribution in [0.25, 0.3) is 0 Å². The first-order valence-electron chi connectivity index (χ1n) is 4.55. The van der Waals surface area contributed by atoms with Crippen molar-refractivity contribution in [1.29, 1.82) is 0 Å². The fourth-order valence-corrected chi connectivity index (χ4v) is 1.24. The first kappa shape index (κ1) is 11.2. The highest BCUT2D eigenvalue weighted by molar-refractivity contribution is 5.71. The van der Waals surface area contributed by atoms with Crippen molar-refractivity contribution >= 4 is 11.7 Å². The van der Waals surface area contributed by atoms with Crippen LogP contribution in [0.15, 0.2) is 18.2 Å². The topological polar surface area (TPSA) is 76.4 Å². The molecule has 0 aliphatic rings. The Morgan fingerprint density at radius 1 is 1.53 bits per heavy atom. The highest BCUT2D eigenvalue weighted by Gasteiger charge is 2.02. The monoisotopic (exact) mass is 209 g/mol. The molecule has 2 amide bonds. The molecule has 15 heavy (non-hydrogen) atoms. The van der Waals surface area contributed by atoms with Crippen LogP contribution in [0.4, 0.5) is 10.5 Å². The molecule has 82 valence electrons. The van der Waals surface area contributed by atoms with E-state index in [1.165, 1.54) is 0 Å². The Labute approximate surface area is 88.6 Å². The SMILES string of the molecule is CNc1ccc(CNC(N)=O)cc1OC. The van der Waals surface area contributed by atoms with E-state index in [0.29, 0.717) is 6.54 Å². The first-order valence-corrected chi connectivity index (χ1v) is 4.55. The quantitative estimate of drug-likeness (QED) is 0.689. The summed E-state index contributed by atoms with van der Waals surface area (Å²) in [6, 6.07) is 5.09. The zero-order valence-corrected chi connectivity index (χ0v) is 8.83. The van der Waals surface area contributed by atoms with E-state index in [1.54, 1.807) is 7.11 Å². The van der Waals surface area contributed by atoms with Crippen molar-refractivity contribution < 1.29 is 9.53 Å². The number of primary amides is 1. The number of nitrogens with one attached hydrogen (secondary N) is 2. The lowest BCUT2D eigenvalue weighted by Gasteiger charge is -2.10. The molecular weight excluding hydrogens is 194 g/mol. The van der Waals surface area contributed by atoms with Gasteiger partial charge in [0.1, 0.15) is 5.75 Å². The molecule has 1 aromatic rings. The Bertz CT molecular complexity index is 353. The van der Waals surface area contributed by atoms with Crippen LogP contribution in [0.2, 0.25) is 0 Å². The standard InChI is InChI=1S/C10H15N3O2/c1-12-8-4-3-7(5-9(8)15-2)6-13-10(11)14/h3-5,12H,6H2,1-2H3,(H3,11,13,14). The lowest BCUT2D eigenvalue weighted by atomic mass is 10.2. The number of urea groups is 1. The summed E-state index contributed by atoms with van der Waals surface area (Å²) >= 11 is 0. The molecule has 0 heterocycles. The van der Waals surface area contributed by atoms with E-state index in [2.05, 4.69) is 10.6 Å². The van der Waals surface area contributed by atoms with Gasteiger partial charge in [-0.25, -0.2) is 4.79 Å². The number of carbonyl (C=O) groups excluding carboxylic acids is 1. The van der Waals surface area contributed by atoms with Crippen LogP contribution in [0.1, 0.15) is 5.56 Å². The number of nitrogens with two attached hydrogens (primary N) is 1. The predicted molar refractivity (Wildman–Crippen MR) is 59.0 cm³/mol. The minimum absolute atomic E-state index is 0.398. The smallest absolute Gasteiger partial charge is 0.312 e. The molecule has 0 aliphatic heterocycles. The van der Waals surface area contributed by atoms with Gasteiger partial charge in [0.15, 0.2) is 0 Å². The van der Waals surface area contributed by atoms with Crippen molar-refractivity contribution in [3.63, 3.8) is 0 Å². The summed E-state index contributed by atoms with van der Waals surface area (Å²) in [6.45, 7) is 0.398. The molecule has 0 fully saturated rings. The normalized spacial score (nSPS) is 9.47. The average Bonchev–Trinajstić information content (AvgIpc) is 2.25. The van der Waals surface area contributed by atoms with Gasteiger partial charge in [0, 0.05) is 13.6 Å². The van der Waals surface area contributed by atoms with Crippen LogP contribution < -0.4 is 21.1 Å². The van der Waals surface area contributed by atoms with Crippen molar-refractivity contribution in [2.45, 2.75) is 6.54 Å². The van der Waals surface area contributed by atoms with E-state index >= 15 is 0 Å². The number of methoxy groups -OCH3 is 1. The van der Waals surface area contributed by atoms with E-state index < -0.39 is 6.03 Å². The third-order valence-corrected chi connectivity index (χ3v) is 2.00. The van der Waals surface area contributed by atoms with Gasteiger partial charge in [-0.1, -0.05) is 6.07 Å². The summed E-state index contributed by atoms with van der Waals surface area (Å²) in [5.41, 5.74) is 6.81. The zero-order chi connectivity index (χ0) is 11.3. The third-order valence-electron chi connectivity index (χ3n) is 2.00. The maximum absolute atomic E-state index is 10.5. The number of ether oxygens (including phenoxy) is 1. The number of benzene rings is 1. The summed E-state index contributed by atoms with van der Waals surface area (Å²) in [5, 5.41) is 5.52. The van der Waals surface area contributed by atoms with Crippen LogP contribution in [0.3, 0.4) is 0 Å². The first-order chi connectivity index (χ1) is 7.17. The molecule has 4 N–H and O–H groups in total.